The van der Waals surface area contributed by atoms with Gasteiger partial charge in [-0.15, -0.1) is 0 Å². The highest BCUT2D eigenvalue weighted by molar-refractivity contribution is 5.78. The molecule has 2 aliphatic carbocycles. The van der Waals surface area contributed by atoms with Crippen LogP contribution in [-0.4, -0.2) is 30.5 Å². The monoisotopic (exact) mass is 181 g/mol. The van der Waals surface area contributed by atoms with Crippen molar-refractivity contribution in [1.29, 1.82) is 0 Å². The van der Waals surface area contributed by atoms with Crippen molar-refractivity contribution in [3.8, 4) is 0 Å². The van der Waals surface area contributed by atoms with Crippen LogP contribution in [0.1, 0.15) is 32.1 Å². The van der Waals surface area contributed by atoms with Crippen LogP contribution in [0.5, 0.6) is 0 Å². The third-order valence-electron chi connectivity index (χ3n) is 3.01. The number of guanidine groups is 1. The Balaban J connectivity index is 1.76. The fourth-order valence-electron chi connectivity index (χ4n) is 1.65. The Morgan fingerprint density at radius 1 is 1.38 bits per heavy atom. The van der Waals surface area contributed by atoms with E-state index in [9.17, 15) is 0 Å². The van der Waals surface area contributed by atoms with E-state index >= 15 is 0 Å². The molecular formula is C10H19N3. The zero-order valence-electron chi connectivity index (χ0n) is 8.37. The van der Waals surface area contributed by atoms with Gasteiger partial charge in [0.1, 0.15) is 0 Å². The molecule has 2 rings (SSSR count). The first-order valence-electron chi connectivity index (χ1n) is 5.30. The van der Waals surface area contributed by atoms with Gasteiger partial charge in [-0.3, -0.25) is 0 Å². The third-order valence-corrected chi connectivity index (χ3v) is 3.01. The first-order chi connectivity index (χ1) is 6.25. The minimum absolute atomic E-state index is 0.545. The van der Waals surface area contributed by atoms with Crippen molar-refractivity contribution < 1.29 is 0 Å². The van der Waals surface area contributed by atoms with E-state index in [0.717, 1.165) is 18.4 Å². The summed E-state index contributed by atoms with van der Waals surface area (Å²) in [5.74, 6) is 1.62. The Morgan fingerprint density at radius 2 is 2.08 bits per heavy atom. The van der Waals surface area contributed by atoms with Crippen LogP contribution in [0.4, 0.5) is 0 Å². The van der Waals surface area contributed by atoms with Crippen LogP contribution in [-0.2, 0) is 0 Å². The topological polar surface area (TPSA) is 41.6 Å². The molecule has 74 valence electrons. The van der Waals surface area contributed by atoms with E-state index in [1.54, 1.807) is 0 Å². The van der Waals surface area contributed by atoms with E-state index in [0.29, 0.717) is 6.04 Å². The number of hydrogen-bond donors (Lipinski definition) is 1. The van der Waals surface area contributed by atoms with Crippen molar-refractivity contribution in [3.63, 3.8) is 0 Å². The zero-order chi connectivity index (χ0) is 9.26. The van der Waals surface area contributed by atoms with Gasteiger partial charge in [0.05, 0.1) is 6.04 Å². The number of aliphatic imine (C=N–C) groups is 1. The zero-order valence-corrected chi connectivity index (χ0v) is 8.37. The standard InChI is InChI=1S/C10H19N3/c1-13(7-8-3-2-4-8)10(11)12-9-5-6-9/h8-9H,2-7H2,1H3,(H2,11,12). The van der Waals surface area contributed by atoms with Gasteiger partial charge in [-0.05, 0) is 31.6 Å². The minimum atomic E-state index is 0.545. The van der Waals surface area contributed by atoms with Gasteiger partial charge < -0.3 is 10.6 Å². The van der Waals surface area contributed by atoms with Crippen molar-refractivity contribution in [2.75, 3.05) is 13.6 Å². The van der Waals surface area contributed by atoms with Crippen LogP contribution in [0, 0.1) is 5.92 Å². The molecular weight excluding hydrogens is 162 g/mol. The molecule has 3 nitrogen and oxygen atoms in total. The summed E-state index contributed by atoms with van der Waals surface area (Å²) < 4.78 is 0. The summed E-state index contributed by atoms with van der Waals surface area (Å²) in [6.45, 7) is 1.10. The van der Waals surface area contributed by atoms with Crippen molar-refractivity contribution in [3.05, 3.63) is 0 Å². The smallest absolute Gasteiger partial charge is 0.191 e. The molecule has 0 unspecified atom stereocenters. The molecule has 0 spiro atoms. The molecule has 3 heteroatoms. The molecule has 2 saturated carbocycles. The fraction of sp³-hybridized carbons (Fsp3) is 0.900. The summed E-state index contributed by atoms with van der Waals surface area (Å²) in [5, 5.41) is 0. The number of rotatable bonds is 3. The highest BCUT2D eigenvalue weighted by atomic mass is 15.2. The lowest BCUT2D eigenvalue weighted by Gasteiger charge is -2.30. The van der Waals surface area contributed by atoms with Crippen molar-refractivity contribution in [2.45, 2.75) is 38.1 Å². The lowest BCUT2D eigenvalue weighted by molar-refractivity contribution is 0.257. The molecule has 0 bridgehead atoms. The van der Waals surface area contributed by atoms with E-state index in [-0.39, 0.29) is 0 Å². The molecule has 0 aromatic heterocycles. The highest BCUT2D eigenvalue weighted by Gasteiger charge is 2.23. The molecule has 0 saturated heterocycles. The van der Waals surface area contributed by atoms with Crippen LogP contribution in [0.15, 0.2) is 4.99 Å². The summed E-state index contributed by atoms with van der Waals surface area (Å²) in [4.78, 5) is 6.53. The van der Waals surface area contributed by atoms with E-state index in [1.165, 1.54) is 32.1 Å². The minimum Gasteiger partial charge on any atom is -0.370 e. The van der Waals surface area contributed by atoms with Gasteiger partial charge in [0, 0.05) is 13.6 Å². The van der Waals surface area contributed by atoms with Crippen molar-refractivity contribution in [2.24, 2.45) is 16.6 Å². The highest BCUT2D eigenvalue weighted by Crippen LogP contribution is 2.27. The van der Waals surface area contributed by atoms with Crippen LogP contribution >= 0.6 is 0 Å². The summed E-state index contributed by atoms with van der Waals surface area (Å²) in [6.07, 6.45) is 6.62. The Hall–Kier alpha value is -0.730. The Bertz CT molecular complexity index is 204. The van der Waals surface area contributed by atoms with Crippen molar-refractivity contribution in [1.82, 2.24) is 4.90 Å². The Kier molecular flexibility index (Phi) is 2.42. The maximum Gasteiger partial charge on any atom is 0.191 e. The molecule has 0 amide bonds. The average molecular weight is 181 g/mol. The fourth-order valence-corrected chi connectivity index (χ4v) is 1.65. The predicted molar refractivity (Wildman–Crippen MR) is 54.6 cm³/mol. The third kappa shape index (κ3) is 2.36. The van der Waals surface area contributed by atoms with Crippen LogP contribution in [0.2, 0.25) is 0 Å². The van der Waals surface area contributed by atoms with Crippen molar-refractivity contribution >= 4 is 5.96 Å². The normalized spacial score (nSPS) is 24.2. The van der Waals surface area contributed by atoms with Crippen LogP contribution in [0.25, 0.3) is 0 Å². The lowest BCUT2D eigenvalue weighted by Crippen LogP contribution is -2.39. The van der Waals surface area contributed by atoms with Gasteiger partial charge in [0.15, 0.2) is 5.96 Å². The first-order valence-corrected chi connectivity index (χ1v) is 5.30. The quantitative estimate of drug-likeness (QED) is 0.525. The Labute approximate surface area is 80.0 Å². The summed E-state index contributed by atoms with van der Waals surface area (Å²) >= 11 is 0. The van der Waals surface area contributed by atoms with Gasteiger partial charge in [-0.25, -0.2) is 4.99 Å². The molecule has 13 heavy (non-hydrogen) atoms. The van der Waals surface area contributed by atoms with E-state index in [4.69, 9.17) is 5.73 Å². The molecule has 2 fully saturated rings. The van der Waals surface area contributed by atoms with E-state index in [1.807, 2.05) is 0 Å². The van der Waals surface area contributed by atoms with Gasteiger partial charge in [-0.2, -0.15) is 0 Å². The second-order valence-corrected chi connectivity index (χ2v) is 4.40. The van der Waals surface area contributed by atoms with Crippen LogP contribution < -0.4 is 5.73 Å². The average Bonchev–Trinajstić information content (AvgIpc) is 2.79. The number of nitrogens with zero attached hydrogens (tertiary/aromatic N) is 2. The van der Waals surface area contributed by atoms with Crippen LogP contribution in [0.3, 0.4) is 0 Å². The molecule has 0 heterocycles. The summed E-state index contributed by atoms with van der Waals surface area (Å²) in [7, 11) is 2.06. The maximum atomic E-state index is 5.86. The summed E-state index contributed by atoms with van der Waals surface area (Å²) in [6, 6.07) is 0.545. The molecule has 0 aromatic carbocycles. The first kappa shape index (κ1) is 8.85. The predicted octanol–water partition coefficient (Wildman–Crippen LogP) is 1.20. The SMILES string of the molecule is CN(CC1CCC1)C(N)=NC1CC1. The molecule has 0 radical (unpaired) electrons. The second-order valence-electron chi connectivity index (χ2n) is 4.40. The molecule has 0 aromatic rings. The van der Waals surface area contributed by atoms with Gasteiger partial charge >= 0.3 is 0 Å². The van der Waals surface area contributed by atoms with Gasteiger partial charge in [0.2, 0.25) is 0 Å². The lowest BCUT2D eigenvalue weighted by atomic mass is 9.85. The molecule has 2 aliphatic rings. The largest absolute Gasteiger partial charge is 0.370 e. The molecule has 0 atom stereocenters. The Morgan fingerprint density at radius 3 is 2.54 bits per heavy atom. The molecule has 0 aliphatic heterocycles. The maximum absolute atomic E-state index is 5.86. The van der Waals surface area contributed by atoms with E-state index in [2.05, 4.69) is 16.9 Å². The van der Waals surface area contributed by atoms with Gasteiger partial charge in [-0.1, -0.05) is 6.42 Å². The van der Waals surface area contributed by atoms with E-state index < -0.39 is 0 Å². The van der Waals surface area contributed by atoms with Gasteiger partial charge in [0.25, 0.3) is 0 Å². The summed E-state index contributed by atoms with van der Waals surface area (Å²) in [5.41, 5.74) is 5.86. The molecule has 2 N–H and O–H groups in total. The number of hydrogen-bond acceptors (Lipinski definition) is 1. The second kappa shape index (κ2) is 3.56. The number of nitrogens with two attached hydrogens (primary N) is 1.